The summed E-state index contributed by atoms with van der Waals surface area (Å²) in [5.41, 5.74) is 4.87. The first-order chi connectivity index (χ1) is 18.7. The zero-order chi connectivity index (χ0) is 25.5. The predicted molar refractivity (Wildman–Crippen MR) is 144 cm³/mol. The van der Waals surface area contributed by atoms with E-state index in [1.54, 1.807) is 6.20 Å². The number of fused-ring (bicyclic) bond motifs is 1. The fourth-order valence-electron chi connectivity index (χ4n) is 6.71. The number of imidazole rings is 2. The zero-order valence-corrected chi connectivity index (χ0v) is 21.5. The Labute approximate surface area is 223 Å². The standard InChI is InChI=1S/C31H32N6O/c38-28-27-21(10-12-23-19-35-30(37-23)26-6-4-16-33-26)8-7-20(24(27)17-31(28)13-1-2-14-31)9-11-22-18-34-29(36-22)25-5-3-15-32-25/h7-8,18-19,25-26,32-33H,1-6,13-17H2,(H,34,36)(H,35,37). The Morgan fingerprint density at radius 3 is 1.92 bits per heavy atom. The number of carbonyl (C=O) groups is 1. The molecule has 3 fully saturated rings. The molecule has 2 atom stereocenters. The summed E-state index contributed by atoms with van der Waals surface area (Å²) in [7, 11) is 0. The van der Waals surface area contributed by atoms with Gasteiger partial charge in [0.1, 0.15) is 23.0 Å². The summed E-state index contributed by atoms with van der Waals surface area (Å²) in [6.45, 7) is 2.06. The Kier molecular flexibility index (Phi) is 5.92. The second-order valence-corrected chi connectivity index (χ2v) is 11.2. The molecule has 0 radical (unpaired) electrons. The first kappa shape index (κ1) is 23.5. The largest absolute Gasteiger partial charge is 0.334 e. The van der Waals surface area contributed by atoms with E-state index in [1.807, 2.05) is 18.3 Å². The fraction of sp³-hybridized carbons (Fsp3) is 0.452. The molecule has 2 unspecified atom stereocenters. The number of H-pyrrole nitrogens is 2. The van der Waals surface area contributed by atoms with E-state index in [1.165, 1.54) is 6.42 Å². The van der Waals surface area contributed by atoms with Crippen LogP contribution >= 0.6 is 0 Å². The number of Topliss-reactive ketones (excluding diaryl/α,β-unsaturated/α-hetero) is 1. The highest BCUT2D eigenvalue weighted by molar-refractivity contribution is 6.07. The third-order valence-electron chi connectivity index (χ3n) is 8.73. The van der Waals surface area contributed by atoms with E-state index >= 15 is 0 Å². The lowest BCUT2D eigenvalue weighted by Gasteiger charge is -2.19. The predicted octanol–water partition coefficient (Wildman–Crippen LogP) is 4.08. The Bertz CT molecular complexity index is 1500. The lowest BCUT2D eigenvalue weighted by molar-refractivity contribution is 0.0827. The Morgan fingerprint density at radius 2 is 1.34 bits per heavy atom. The molecule has 0 amide bonds. The van der Waals surface area contributed by atoms with Crippen LogP contribution in [0.1, 0.15) is 114 Å². The number of hydrogen-bond donors (Lipinski definition) is 4. The number of hydrogen-bond acceptors (Lipinski definition) is 5. The second-order valence-electron chi connectivity index (χ2n) is 11.2. The lowest BCUT2D eigenvalue weighted by atomic mass is 9.82. The van der Waals surface area contributed by atoms with Crippen LogP contribution in [0.5, 0.6) is 0 Å². The van der Waals surface area contributed by atoms with Gasteiger partial charge in [-0.1, -0.05) is 24.7 Å². The molecule has 2 aliphatic heterocycles. The maximum atomic E-state index is 13.8. The summed E-state index contributed by atoms with van der Waals surface area (Å²) >= 11 is 0. The number of aromatic nitrogens is 4. The van der Waals surface area contributed by atoms with Crippen LogP contribution in [0.25, 0.3) is 0 Å². The molecule has 1 saturated carbocycles. The van der Waals surface area contributed by atoms with Gasteiger partial charge in [0, 0.05) is 22.1 Å². The lowest BCUT2D eigenvalue weighted by Crippen LogP contribution is -2.24. The maximum absolute atomic E-state index is 13.8. The van der Waals surface area contributed by atoms with Gasteiger partial charge in [-0.15, -0.1) is 0 Å². The third-order valence-corrected chi connectivity index (χ3v) is 8.73. The molecule has 38 heavy (non-hydrogen) atoms. The van der Waals surface area contributed by atoms with Gasteiger partial charge in [0.25, 0.3) is 0 Å². The molecule has 4 N–H and O–H groups in total. The second kappa shape index (κ2) is 9.58. The molecule has 3 aromatic rings. The molecule has 4 heterocycles. The molecule has 7 rings (SSSR count). The minimum Gasteiger partial charge on any atom is -0.334 e. The van der Waals surface area contributed by atoms with Gasteiger partial charge in [0.2, 0.25) is 0 Å². The summed E-state index contributed by atoms with van der Waals surface area (Å²) < 4.78 is 0. The molecule has 2 aromatic heterocycles. The summed E-state index contributed by atoms with van der Waals surface area (Å²) in [5.74, 6) is 15.3. The van der Waals surface area contributed by atoms with Crippen molar-refractivity contribution >= 4 is 5.78 Å². The normalized spacial score (nSPS) is 23.3. The van der Waals surface area contributed by atoms with Crippen molar-refractivity contribution in [2.24, 2.45) is 5.41 Å². The molecule has 1 spiro atoms. The van der Waals surface area contributed by atoms with E-state index in [-0.39, 0.29) is 23.3 Å². The molecular weight excluding hydrogens is 472 g/mol. The van der Waals surface area contributed by atoms with E-state index in [9.17, 15) is 4.79 Å². The molecule has 7 heteroatoms. The highest BCUT2D eigenvalue weighted by Gasteiger charge is 2.48. The molecule has 2 saturated heterocycles. The first-order valence-corrected chi connectivity index (χ1v) is 14.0. The highest BCUT2D eigenvalue weighted by Crippen LogP contribution is 2.50. The van der Waals surface area contributed by atoms with E-state index < -0.39 is 0 Å². The molecule has 2 aliphatic carbocycles. The van der Waals surface area contributed by atoms with Gasteiger partial charge in [-0.05, 0) is 87.6 Å². The van der Waals surface area contributed by atoms with Gasteiger partial charge in [-0.3, -0.25) is 4.79 Å². The van der Waals surface area contributed by atoms with E-state index in [0.717, 1.165) is 110 Å². The average Bonchev–Trinajstić information content (AvgIpc) is 3.76. The number of benzene rings is 1. The van der Waals surface area contributed by atoms with Crippen LogP contribution in [0.2, 0.25) is 0 Å². The van der Waals surface area contributed by atoms with Crippen molar-refractivity contribution in [3.05, 3.63) is 69.8 Å². The van der Waals surface area contributed by atoms with Gasteiger partial charge < -0.3 is 20.6 Å². The van der Waals surface area contributed by atoms with Crippen LogP contribution in [0.15, 0.2) is 24.5 Å². The first-order valence-electron chi connectivity index (χ1n) is 14.0. The maximum Gasteiger partial charge on any atom is 0.170 e. The van der Waals surface area contributed by atoms with Gasteiger partial charge in [0.15, 0.2) is 5.78 Å². The van der Waals surface area contributed by atoms with Crippen molar-refractivity contribution < 1.29 is 4.79 Å². The quantitative estimate of drug-likeness (QED) is 0.394. The highest BCUT2D eigenvalue weighted by atomic mass is 16.1. The van der Waals surface area contributed by atoms with Crippen molar-refractivity contribution in [3.63, 3.8) is 0 Å². The Balaban J connectivity index is 1.21. The topological polar surface area (TPSA) is 98.5 Å². The minimum absolute atomic E-state index is 0.259. The van der Waals surface area contributed by atoms with E-state index in [2.05, 4.69) is 54.3 Å². The van der Waals surface area contributed by atoms with Gasteiger partial charge in [0.05, 0.1) is 24.5 Å². The van der Waals surface area contributed by atoms with Gasteiger partial charge in [-0.25, -0.2) is 9.97 Å². The molecule has 4 aliphatic rings. The number of rotatable bonds is 2. The van der Waals surface area contributed by atoms with Crippen LogP contribution in [0, 0.1) is 29.1 Å². The molecule has 7 nitrogen and oxygen atoms in total. The smallest absolute Gasteiger partial charge is 0.170 e. The van der Waals surface area contributed by atoms with Crippen molar-refractivity contribution in [2.45, 2.75) is 69.9 Å². The van der Waals surface area contributed by atoms with Crippen molar-refractivity contribution in [1.82, 2.24) is 30.6 Å². The molecule has 192 valence electrons. The number of aromatic amines is 2. The molecule has 1 aromatic carbocycles. The van der Waals surface area contributed by atoms with Crippen LogP contribution in [0.4, 0.5) is 0 Å². The molecule has 0 bridgehead atoms. The van der Waals surface area contributed by atoms with Crippen LogP contribution in [0.3, 0.4) is 0 Å². The summed E-state index contributed by atoms with van der Waals surface area (Å²) in [6, 6.07) is 4.57. The van der Waals surface area contributed by atoms with Crippen LogP contribution in [-0.4, -0.2) is 38.8 Å². The van der Waals surface area contributed by atoms with Crippen molar-refractivity contribution in [3.8, 4) is 23.7 Å². The fourth-order valence-corrected chi connectivity index (χ4v) is 6.71. The van der Waals surface area contributed by atoms with E-state index in [0.29, 0.717) is 0 Å². The van der Waals surface area contributed by atoms with Crippen molar-refractivity contribution in [2.75, 3.05) is 13.1 Å². The monoisotopic (exact) mass is 504 g/mol. The number of nitrogens with one attached hydrogen (secondary N) is 4. The Morgan fingerprint density at radius 1 is 0.763 bits per heavy atom. The third kappa shape index (κ3) is 4.17. The number of carbonyl (C=O) groups excluding carboxylic acids is 1. The molecular formula is C31H32N6O. The van der Waals surface area contributed by atoms with Crippen LogP contribution in [-0.2, 0) is 6.42 Å². The summed E-state index contributed by atoms with van der Waals surface area (Å²) in [4.78, 5) is 29.6. The zero-order valence-electron chi connectivity index (χ0n) is 21.5. The van der Waals surface area contributed by atoms with Gasteiger partial charge >= 0.3 is 0 Å². The number of nitrogens with zero attached hydrogens (tertiary/aromatic N) is 2. The van der Waals surface area contributed by atoms with Crippen molar-refractivity contribution in [1.29, 1.82) is 0 Å². The summed E-state index contributed by atoms with van der Waals surface area (Å²) in [6.07, 6.45) is 13.0. The van der Waals surface area contributed by atoms with Crippen LogP contribution < -0.4 is 10.6 Å². The number of ketones is 1. The van der Waals surface area contributed by atoms with E-state index in [4.69, 9.17) is 0 Å². The minimum atomic E-state index is -0.277. The summed E-state index contributed by atoms with van der Waals surface area (Å²) in [5, 5.41) is 6.93. The average molecular weight is 505 g/mol. The Hall–Kier alpha value is -3.65. The SMILES string of the molecule is O=C1c2c(C#Cc3cnc(C4CCCN4)[nH]3)ccc(C#Cc3cnc(C4CCCN4)[nH]3)c2CC12CCCC2. The van der Waals surface area contributed by atoms with Gasteiger partial charge in [-0.2, -0.15) is 0 Å².